The summed E-state index contributed by atoms with van der Waals surface area (Å²) in [5.74, 6) is -1.55. The predicted octanol–water partition coefficient (Wildman–Crippen LogP) is 2.09. The Balaban J connectivity index is 1.50. The Labute approximate surface area is 154 Å². The fraction of sp³-hybridized carbons (Fsp3) is 0.333. The highest BCUT2D eigenvalue weighted by Gasteiger charge is 2.25. The van der Waals surface area contributed by atoms with Gasteiger partial charge in [-0.1, -0.05) is 0 Å². The summed E-state index contributed by atoms with van der Waals surface area (Å²) in [4.78, 5) is 29.3. The second-order valence-corrected chi connectivity index (χ2v) is 6.31. The van der Waals surface area contributed by atoms with Crippen molar-refractivity contribution in [2.45, 2.75) is 13.5 Å². The minimum absolute atomic E-state index is 0.147. The van der Waals surface area contributed by atoms with Crippen molar-refractivity contribution in [3.8, 4) is 0 Å². The van der Waals surface area contributed by atoms with Gasteiger partial charge in [0.2, 0.25) is 0 Å². The third kappa shape index (κ3) is 3.09. The van der Waals surface area contributed by atoms with Gasteiger partial charge in [-0.15, -0.1) is 0 Å². The number of piperazine rings is 1. The van der Waals surface area contributed by atoms with Crippen LogP contribution in [0.25, 0.3) is 11.2 Å². The molecule has 1 aliphatic heterocycles. The largest absolute Gasteiger partial charge is 0.351 e. The number of hydrogen-bond acceptors (Lipinski definition) is 5. The Morgan fingerprint density at radius 2 is 1.85 bits per heavy atom. The normalized spacial score (nSPS) is 14.8. The molecule has 3 aromatic rings. The number of hydrogen-bond donors (Lipinski definition) is 0. The van der Waals surface area contributed by atoms with E-state index in [4.69, 9.17) is 0 Å². The number of aryl methyl sites for hydroxylation is 1. The Bertz CT molecular complexity index is 997. The van der Waals surface area contributed by atoms with Crippen LogP contribution in [0.4, 0.5) is 14.6 Å². The van der Waals surface area contributed by atoms with Crippen LogP contribution >= 0.6 is 0 Å². The number of fused-ring (bicyclic) bond motifs is 1. The molecule has 0 atom stereocenters. The van der Waals surface area contributed by atoms with Crippen molar-refractivity contribution in [3.63, 3.8) is 0 Å². The number of rotatable bonds is 3. The van der Waals surface area contributed by atoms with Crippen LogP contribution < -0.4 is 4.90 Å². The highest BCUT2D eigenvalue weighted by atomic mass is 19.2. The molecule has 1 aromatic carbocycles. The summed E-state index contributed by atoms with van der Waals surface area (Å²) in [7, 11) is 0. The molecule has 1 amide bonds. The van der Waals surface area contributed by atoms with Crippen molar-refractivity contribution in [2.75, 3.05) is 31.1 Å². The summed E-state index contributed by atoms with van der Waals surface area (Å²) in [6.07, 6.45) is 3.26. The molecule has 0 saturated carbocycles. The molecule has 4 rings (SSSR count). The first-order valence-corrected chi connectivity index (χ1v) is 8.73. The molecule has 140 valence electrons. The summed E-state index contributed by atoms with van der Waals surface area (Å²) >= 11 is 0. The van der Waals surface area contributed by atoms with E-state index >= 15 is 0 Å². The van der Waals surface area contributed by atoms with Crippen LogP contribution in [0.2, 0.25) is 0 Å². The van der Waals surface area contributed by atoms with Crippen molar-refractivity contribution in [2.24, 2.45) is 0 Å². The molecule has 0 bridgehead atoms. The molecule has 1 saturated heterocycles. The minimum Gasteiger partial charge on any atom is -0.351 e. The van der Waals surface area contributed by atoms with Gasteiger partial charge >= 0.3 is 0 Å². The molecular formula is C18H18F2N6O. The molecule has 0 radical (unpaired) electrons. The van der Waals surface area contributed by atoms with Crippen LogP contribution in [0.1, 0.15) is 17.3 Å². The van der Waals surface area contributed by atoms with Gasteiger partial charge in [-0.05, 0) is 25.1 Å². The van der Waals surface area contributed by atoms with E-state index in [-0.39, 0.29) is 11.5 Å². The van der Waals surface area contributed by atoms with Crippen LogP contribution in [0, 0.1) is 11.6 Å². The van der Waals surface area contributed by atoms with Gasteiger partial charge in [0, 0.05) is 38.3 Å². The summed E-state index contributed by atoms with van der Waals surface area (Å²) in [5.41, 5.74) is 1.66. The number of aromatic nitrogens is 4. The van der Waals surface area contributed by atoms with Crippen LogP contribution in [-0.4, -0.2) is 56.5 Å². The van der Waals surface area contributed by atoms with Crippen molar-refractivity contribution in [1.29, 1.82) is 0 Å². The van der Waals surface area contributed by atoms with Gasteiger partial charge in [0.15, 0.2) is 28.6 Å². The first-order chi connectivity index (χ1) is 13.1. The summed E-state index contributed by atoms with van der Waals surface area (Å²) < 4.78 is 28.4. The van der Waals surface area contributed by atoms with Gasteiger partial charge < -0.3 is 14.4 Å². The van der Waals surface area contributed by atoms with Crippen molar-refractivity contribution in [1.82, 2.24) is 24.4 Å². The van der Waals surface area contributed by atoms with Crippen LogP contribution in [-0.2, 0) is 6.54 Å². The third-order valence-electron chi connectivity index (χ3n) is 4.76. The van der Waals surface area contributed by atoms with E-state index in [2.05, 4.69) is 19.9 Å². The van der Waals surface area contributed by atoms with E-state index in [0.29, 0.717) is 26.2 Å². The lowest BCUT2D eigenvalue weighted by Crippen LogP contribution is -2.49. The predicted molar refractivity (Wildman–Crippen MR) is 95.5 cm³/mol. The summed E-state index contributed by atoms with van der Waals surface area (Å²) in [6.45, 7) is 4.84. The first kappa shape index (κ1) is 17.3. The Morgan fingerprint density at radius 1 is 1.07 bits per heavy atom. The topological polar surface area (TPSA) is 67.2 Å². The zero-order chi connectivity index (χ0) is 19.0. The van der Waals surface area contributed by atoms with Gasteiger partial charge in [-0.2, -0.15) is 0 Å². The highest BCUT2D eigenvalue weighted by Crippen LogP contribution is 2.23. The standard InChI is InChI=1S/C18H18F2N6O/c1-2-24-11-23-15-16(24)21-10-22-17(15)25-5-7-26(8-6-25)18(27)12-3-4-13(19)14(20)9-12/h3-4,9-11H,2,5-8H2,1H3. The maximum absolute atomic E-state index is 13.4. The second kappa shape index (κ2) is 6.90. The number of anilines is 1. The molecule has 0 aliphatic carbocycles. The second-order valence-electron chi connectivity index (χ2n) is 6.31. The summed E-state index contributed by atoms with van der Waals surface area (Å²) in [6, 6.07) is 3.22. The maximum Gasteiger partial charge on any atom is 0.254 e. The summed E-state index contributed by atoms with van der Waals surface area (Å²) in [5, 5.41) is 0. The van der Waals surface area contributed by atoms with E-state index in [0.717, 1.165) is 35.7 Å². The molecule has 3 heterocycles. The molecule has 0 N–H and O–H groups in total. The molecular weight excluding hydrogens is 354 g/mol. The lowest BCUT2D eigenvalue weighted by atomic mass is 10.1. The molecule has 0 unspecified atom stereocenters. The molecule has 2 aromatic heterocycles. The van der Waals surface area contributed by atoms with Crippen LogP contribution in [0.5, 0.6) is 0 Å². The number of carbonyl (C=O) groups excluding carboxylic acids is 1. The monoisotopic (exact) mass is 372 g/mol. The van der Waals surface area contributed by atoms with Crippen molar-refractivity contribution < 1.29 is 13.6 Å². The highest BCUT2D eigenvalue weighted by molar-refractivity contribution is 5.94. The van der Waals surface area contributed by atoms with E-state index in [1.165, 1.54) is 12.4 Å². The average molecular weight is 372 g/mol. The van der Waals surface area contributed by atoms with Gasteiger partial charge in [0.05, 0.1) is 6.33 Å². The van der Waals surface area contributed by atoms with Crippen LogP contribution in [0.15, 0.2) is 30.9 Å². The zero-order valence-corrected chi connectivity index (χ0v) is 14.8. The molecule has 1 aliphatic rings. The van der Waals surface area contributed by atoms with E-state index in [1.54, 1.807) is 11.2 Å². The first-order valence-electron chi connectivity index (χ1n) is 8.73. The lowest BCUT2D eigenvalue weighted by molar-refractivity contribution is 0.0746. The number of nitrogens with zero attached hydrogens (tertiary/aromatic N) is 6. The number of imidazole rings is 1. The molecule has 0 spiro atoms. The average Bonchev–Trinajstić information content (AvgIpc) is 3.13. The van der Waals surface area contributed by atoms with Gasteiger partial charge in [0.25, 0.3) is 5.91 Å². The molecule has 7 nitrogen and oxygen atoms in total. The Kier molecular flexibility index (Phi) is 4.43. The van der Waals surface area contributed by atoms with E-state index in [1.807, 2.05) is 11.5 Å². The quantitative estimate of drug-likeness (QED) is 0.704. The van der Waals surface area contributed by atoms with Crippen molar-refractivity contribution in [3.05, 3.63) is 48.1 Å². The van der Waals surface area contributed by atoms with Gasteiger partial charge in [0.1, 0.15) is 6.33 Å². The van der Waals surface area contributed by atoms with Crippen LogP contribution in [0.3, 0.4) is 0 Å². The Hall–Kier alpha value is -3.10. The number of carbonyl (C=O) groups is 1. The van der Waals surface area contributed by atoms with E-state index in [9.17, 15) is 13.6 Å². The molecule has 1 fully saturated rings. The third-order valence-corrected chi connectivity index (χ3v) is 4.76. The SMILES string of the molecule is CCn1cnc2c(N3CCN(C(=O)c4ccc(F)c(F)c4)CC3)ncnc21. The van der Waals surface area contributed by atoms with Crippen molar-refractivity contribution >= 4 is 22.9 Å². The van der Waals surface area contributed by atoms with Gasteiger partial charge in [-0.25, -0.2) is 23.7 Å². The smallest absolute Gasteiger partial charge is 0.254 e. The Morgan fingerprint density at radius 3 is 2.56 bits per heavy atom. The minimum atomic E-state index is -1.02. The number of halogens is 2. The van der Waals surface area contributed by atoms with E-state index < -0.39 is 11.6 Å². The number of amides is 1. The molecule has 27 heavy (non-hydrogen) atoms. The fourth-order valence-corrected chi connectivity index (χ4v) is 3.26. The lowest BCUT2D eigenvalue weighted by Gasteiger charge is -2.35. The fourth-order valence-electron chi connectivity index (χ4n) is 3.26. The number of benzene rings is 1. The van der Waals surface area contributed by atoms with Gasteiger partial charge in [-0.3, -0.25) is 4.79 Å². The maximum atomic E-state index is 13.4. The molecule has 9 heteroatoms. The zero-order valence-electron chi connectivity index (χ0n) is 14.8.